The lowest BCUT2D eigenvalue weighted by molar-refractivity contribution is 0.505. The summed E-state index contributed by atoms with van der Waals surface area (Å²) in [7, 11) is 0. The van der Waals surface area contributed by atoms with Crippen LogP contribution in [0.2, 0.25) is 0 Å². The number of aromatic nitrogens is 1. The monoisotopic (exact) mass is 294 g/mol. The van der Waals surface area contributed by atoms with Crippen LogP contribution in [0.5, 0.6) is 0 Å². The van der Waals surface area contributed by atoms with Gasteiger partial charge in [-0.25, -0.2) is 0 Å². The van der Waals surface area contributed by atoms with Crippen molar-refractivity contribution in [1.29, 1.82) is 0 Å². The zero-order valence-corrected chi connectivity index (χ0v) is 12.0. The molecule has 2 nitrogen and oxygen atoms in total. The zero-order chi connectivity index (χ0) is 12.3. The predicted molar refractivity (Wildman–Crippen MR) is 77.5 cm³/mol. The molecule has 1 heterocycles. The van der Waals surface area contributed by atoms with Gasteiger partial charge >= 0.3 is 0 Å². The van der Waals surface area contributed by atoms with Gasteiger partial charge in [0.05, 0.1) is 0 Å². The van der Waals surface area contributed by atoms with Gasteiger partial charge in [-0.3, -0.25) is 0 Å². The molecule has 1 N–H and O–H groups in total. The van der Waals surface area contributed by atoms with Crippen LogP contribution >= 0.6 is 15.9 Å². The van der Waals surface area contributed by atoms with E-state index in [9.17, 15) is 0 Å². The maximum atomic E-state index is 3.63. The Balaban J connectivity index is 2.23. The molecular weight excluding hydrogens is 276 g/mol. The molecule has 0 spiro atoms. The molecule has 2 aromatic rings. The minimum absolute atomic E-state index is 0.470. The molecule has 17 heavy (non-hydrogen) atoms. The smallest absolute Gasteiger partial charge is 0.0495 e. The molecule has 3 heteroatoms. The Morgan fingerprint density at radius 2 is 2.12 bits per heavy atom. The van der Waals surface area contributed by atoms with Gasteiger partial charge in [0.15, 0.2) is 0 Å². The van der Waals surface area contributed by atoms with Crippen molar-refractivity contribution < 1.29 is 0 Å². The van der Waals surface area contributed by atoms with Crippen molar-refractivity contribution in [3.05, 3.63) is 34.9 Å². The molecular formula is C14H19BrN2. The lowest BCUT2D eigenvalue weighted by Crippen LogP contribution is -2.23. The van der Waals surface area contributed by atoms with Crippen molar-refractivity contribution in [1.82, 2.24) is 9.88 Å². The van der Waals surface area contributed by atoms with E-state index >= 15 is 0 Å². The fourth-order valence-corrected chi connectivity index (χ4v) is 2.67. The summed E-state index contributed by atoms with van der Waals surface area (Å²) < 4.78 is 3.51. The first-order valence-corrected chi connectivity index (χ1v) is 6.99. The topological polar surface area (TPSA) is 17.0 Å². The summed E-state index contributed by atoms with van der Waals surface area (Å²) in [4.78, 5) is 0. The number of nitrogens with one attached hydrogen (secondary N) is 1. The van der Waals surface area contributed by atoms with Crippen LogP contribution in [0, 0.1) is 0 Å². The SMILES string of the molecule is CCCNCC(C)n1cc(Br)c2ccccc21. The van der Waals surface area contributed by atoms with E-state index in [0.717, 1.165) is 13.1 Å². The third-order valence-corrected chi connectivity index (χ3v) is 3.67. The Labute approximate surface area is 111 Å². The highest BCUT2D eigenvalue weighted by molar-refractivity contribution is 9.10. The first kappa shape index (κ1) is 12.7. The van der Waals surface area contributed by atoms with Gasteiger partial charge in [-0.05, 0) is 41.9 Å². The Hall–Kier alpha value is -0.800. The quantitative estimate of drug-likeness (QED) is 0.826. The number of hydrogen-bond donors (Lipinski definition) is 1. The van der Waals surface area contributed by atoms with Crippen LogP contribution in [0.4, 0.5) is 0 Å². The third-order valence-electron chi connectivity index (χ3n) is 3.03. The predicted octanol–water partition coefficient (Wildman–Crippen LogP) is 3.96. The van der Waals surface area contributed by atoms with E-state index in [0.29, 0.717) is 6.04 Å². The maximum Gasteiger partial charge on any atom is 0.0495 e. The molecule has 0 aliphatic heterocycles. The van der Waals surface area contributed by atoms with Crippen LogP contribution in [0.3, 0.4) is 0 Å². The molecule has 0 saturated heterocycles. The van der Waals surface area contributed by atoms with Crippen LogP contribution < -0.4 is 5.32 Å². The van der Waals surface area contributed by atoms with Crippen molar-refractivity contribution in [3.8, 4) is 0 Å². The van der Waals surface area contributed by atoms with Gasteiger partial charge in [-0.1, -0.05) is 25.1 Å². The lowest BCUT2D eigenvalue weighted by Gasteiger charge is -2.15. The van der Waals surface area contributed by atoms with Crippen molar-refractivity contribution in [2.45, 2.75) is 26.3 Å². The summed E-state index contributed by atoms with van der Waals surface area (Å²) in [6, 6.07) is 8.98. The molecule has 0 bridgehead atoms. The van der Waals surface area contributed by atoms with E-state index < -0.39 is 0 Å². The number of fused-ring (bicyclic) bond motifs is 1. The van der Waals surface area contributed by atoms with Crippen molar-refractivity contribution in [2.75, 3.05) is 13.1 Å². The lowest BCUT2D eigenvalue weighted by atomic mass is 10.2. The van der Waals surface area contributed by atoms with Crippen molar-refractivity contribution in [2.24, 2.45) is 0 Å². The molecule has 0 aliphatic rings. The minimum Gasteiger partial charge on any atom is -0.342 e. The number of hydrogen-bond acceptors (Lipinski definition) is 1. The highest BCUT2D eigenvalue weighted by Gasteiger charge is 2.10. The molecule has 2 rings (SSSR count). The second-order valence-corrected chi connectivity index (χ2v) is 5.31. The zero-order valence-electron chi connectivity index (χ0n) is 10.4. The van der Waals surface area contributed by atoms with Crippen LogP contribution in [0.15, 0.2) is 34.9 Å². The van der Waals surface area contributed by atoms with Crippen LogP contribution in [-0.4, -0.2) is 17.7 Å². The Morgan fingerprint density at radius 1 is 1.35 bits per heavy atom. The molecule has 1 aromatic carbocycles. The number of para-hydroxylation sites is 1. The Kier molecular flexibility index (Phi) is 4.24. The molecule has 0 saturated carbocycles. The molecule has 1 atom stereocenters. The highest BCUT2D eigenvalue weighted by Crippen LogP contribution is 2.28. The number of rotatable bonds is 5. The van der Waals surface area contributed by atoms with Gasteiger partial charge in [0.1, 0.15) is 0 Å². The fourth-order valence-electron chi connectivity index (χ4n) is 2.11. The second-order valence-electron chi connectivity index (χ2n) is 4.45. The van der Waals surface area contributed by atoms with Gasteiger partial charge in [0.25, 0.3) is 0 Å². The normalized spacial score (nSPS) is 13.1. The molecule has 0 amide bonds. The summed E-state index contributed by atoms with van der Waals surface area (Å²) in [5.41, 5.74) is 1.30. The van der Waals surface area contributed by atoms with Gasteiger partial charge in [0.2, 0.25) is 0 Å². The summed E-state index contributed by atoms with van der Waals surface area (Å²) >= 11 is 3.63. The van der Waals surface area contributed by atoms with E-state index in [1.807, 2.05) is 0 Å². The van der Waals surface area contributed by atoms with E-state index in [4.69, 9.17) is 0 Å². The first-order valence-electron chi connectivity index (χ1n) is 6.19. The van der Waals surface area contributed by atoms with Gasteiger partial charge in [-0.15, -0.1) is 0 Å². The molecule has 0 fully saturated rings. The Bertz CT molecular complexity index is 490. The summed E-state index contributed by atoms with van der Waals surface area (Å²) in [6.45, 7) is 6.55. The van der Waals surface area contributed by atoms with Gasteiger partial charge in [0, 0.05) is 34.2 Å². The second kappa shape index (κ2) is 5.69. The fraction of sp³-hybridized carbons (Fsp3) is 0.429. The summed E-state index contributed by atoms with van der Waals surface area (Å²) in [5.74, 6) is 0. The average molecular weight is 295 g/mol. The largest absolute Gasteiger partial charge is 0.342 e. The van der Waals surface area contributed by atoms with Crippen LogP contribution in [0.25, 0.3) is 10.9 Å². The Morgan fingerprint density at radius 3 is 2.88 bits per heavy atom. The van der Waals surface area contributed by atoms with Gasteiger partial charge < -0.3 is 9.88 Å². The third kappa shape index (κ3) is 2.72. The van der Waals surface area contributed by atoms with E-state index in [2.05, 4.69) is 70.1 Å². The molecule has 0 radical (unpaired) electrons. The summed E-state index contributed by atoms with van der Waals surface area (Å²) in [6.07, 6.45) is 3.37. The van der Waals surface area contributed by atoms with Gasteiger partial charge in [-0.2, -0.15) is 0 Å². The number of halogens is 1. The number of benzene rings is 1. The summed E-state index contributed by atoms with van der Waals surface area (Å²) in [5, 5.41) is 4.76. The average Bonchev–Trinajstić information content (AvgIpc) is 2.68. The van der Waals surface area contributed by atoms with E-state index in [1.54, 1.807) is 0 Å². The van der Waals surface area contributed by atoms with E-state index in [-0.39, 0.29) is 0 Å². The molecule has 1 aromatic heterocycles. The number of nitrogens with zero attached hydrogens (tertiary/aromatic N) is 1. The molecule has 1 unspecified atom stereocenters. The van der Waals surface area contributed by atoms with Crippen molar-refractivity contribution in [3.63, 3.8) is 0 Å². The van der Waals surface area contributed by atoms with E-state index in [1.165, 1.54) is 21.8 Å². The molecule has 0 aliphatic carbocycles. The van der Waals surface area contributed by atoms with Crippen LogP contribution in [-0.2, 0) is 0 Å². The maximum absolute atomic E-state index is 3.63. The minimum atomic E-state index is 0.470. The van der Waals surface area contributed by atoms with Crippen molar-refractivity contribution >= 4 is 26.8 Å². The standard InChI is InChI=1S/C14H19BrN2/c1-3-8-16-9-11(2)17-10-13(15)12-6-4-5-7-14(12)17/h4-7,10-11,16H,3,8-9H2,1-2H3. The van der Waals surface area contributed by atoms with Crippen LogP contribution in [0.1, 0.15) is 26.3 Å². The first-order chi connectivity index (χ1) is 8.24. The molecule has 92 valence electrons. The highest BCUT2D eigenvalue weighted by atomic mass is 79.9.